The first-order valence-corrected chi connectivity index (χ1v) is 3.28. The van der Waals surface area contributed by atoms with Gasteiger partial charge in [-0.3, -0.25) is 0 Å². The van der Waals surface area contributed by atoms with Crippen molar-refractivity contribution in [1.82, 2.24) is 0 Å². The molecule has 1 radical (unpaired) electrons. The average Bonchev–Trinajstić information content (AvgIpc) is 0.722. The molecule has 0 aromatic carbocycles. The topological polar surface area (TPSA) is 89.4 Å². The van der Waals surface area contributed by atoms with E-state index >= 15 is 0 Å². The van der Waals surface area contributed by atoms with Crippen molar-refractivity contribution >= 4 is 0 Å². The fraction of sp³-hybridized carbons (Fsp3) is 0. The monoisotopic (exact) mass is 251 g/mol. The van der Waals surface area contributed by atoms with Gasteiger partial charge in [0.1, 0.15) is 0 Å². The summed E-state index contributed by atoms with van der Waals surface area (Å²) in [6.45, 7) is 0. The third-order valence-corrected chi connectivity index (χ3v) is 0. The van der Waals surface area contributed by atoms with Crippen molar-refractivity contribution in [2.75, 3.05) is 0 Å². The Kier molecular flexibility index (Phi) is 5.25. The SMILES string of the molecule is [Ag].[O-][Br+3]([O-])([O-])O. The molecule has 0 amide bonds. The summed E-state index contributed by atoms with van der Waals surface area (Å²) in [7, 11) is 0. The zero-order chi connectivity index (χ0) is 4.50. The molecule has 0 aliphatic carbocycles. The van der Waals surface area contributed by atoms with E-state index in [1.165, 1.54) is 0 Å². The molecule has 0 spiro atoms. The van der Waals surface area contributed by atoms with Crippen LogP contribution in [-0.4, -0.2) is 4.20 Å². The average molecular weight is 253 g/mol. The minimum atomic E-state index is -5.38. The van der Waals surface area contributed by atoms with Crippen molar-refractivity contribution in [3.8, 4) is 0 Å². The Labute approximate surface area is 53.4 Å². The predicted molar refractivity (Wildman–Crippen MR) is 2.22 cm³/mol. The Morgan fingerprint density at radius 3 is 1.17 bits per heavy atom. The number of halogens is 1. The molecule has 0 aliphatic heterocycles. The van der Waals surface area contributed by atoms with E-state index in [9.17, 15) is 0 Å². The summed E-state index contributed by atoms with van der Waals surface area (Å²) in [4.78, 5) is 0. The van der Waals surface area contributed by atoms with Gasteiger partial charge in [0.2, 0.25) is 0 Å². The second-order valence-electron chi connectivity index (χ2n) is 0.396. The molecule has 0 bridgehead atoms. The van der Waals surface area contributed by atoms with Gasteiger partial charge in [-0.05, 0) is 0 Å². The van der Waals surface area contributed by atoms with Crippen LogP contribution in [0.3, 0.4) is 0 Å². The summed E-state index contributed by atoms with van der Waals surface area (Å²) in [5.74, 6) is 0. The summed E-state index contributed by atoms with van der Waals surface area (Å²) in [5.41, 5.74) is 0. The van der Waals surface area contributed by atoms with Gasteiger partial charge in [-0.1, -0.05) is 0 Å². The van der Waals surface area contributed by atoms with Crippen molar-refractivity contribution in [1.29, 1.82) is 0 Å². The second kappa shape index (κ2) is 3.11. The first-order chi connectivity index (χ1) is 2.00. The van der Waals surface area contributed by atoms with Crippen molar-refractivity contribution in [3.63, 3.8) is 0 Å². The van der Waals surface area contributed by atoms with Crippen molar-refractivity contribution < 1.29 is 53.3 Å². The van der Waals surface area contributed by atoms with Crippen LogP contribution in [0.2, 0.25) is 0 Å². The third kappa shape index (κ3) is 74.2. The number of hydrogen-bond donors (Lipinski definition) is 1. The predicted octanol–water partition coefficient (Wildman–Crippen LogP) is -4.13. The minimum absolute atomic E-state index is 0. The van der Waals surface area contributed by atoms with E-state index in [0.717, 1.165) is 0 Å². The summed E-state index contributed by atoms with van der Waals surface area (Å²) >= 11 is -5.38. The summed E-state index contributed by atoms with van der Waals surface area (Å²) < 4.78 is 33.1. The van der Waals surface area contributed by atoms with Crippen LogP contribution in [0.4, 0.5) is 0 Å². The molecule has 0 fully saturated rings. The molecule has 6 heavy (non-hydrogen) atoms. The van der Waals surface area contributed by atoms with Crippen molar-refractivity contribution in [2.45, 2.75) is 0 Å². The quantitative estimate of drug-likeness (QED) is 0.444. The smallest absolute Gasteiger partial charge is 0.228 e. The standard InChI is InChI=1S/Ag.BrHO4/c;2-1(3,4)5/h;2H. The van der Waals surface area contributed by atoms with E-state index in [0.29, 0.717) is 0 Å². The van der Waals surface area contributed by atoms with Gasteiger partial charge >= 0.3 is 0 Å². The Balaban J connectivity index is 0. The molecule has 6 heteroatoms. The molecular formula is HAgBrO4. The van der Waals surface area contributed by atoms with E-state index in [-0.39, 0.29) is 22.4 Å². The zero-order valence-electron chi connectivity index (χ0n) is 2.35. The number of rotatable bonds is 0. The molecule has 4 nitrogen and oxygen atoms in total. The van der Waals surface area contributed by atoms with Gasteiger partial charge in [0.15, 0.2) is 0 Å². The fourth-order valence-electron chi connectivity index (χ4n) is 0. The van der Waals surface area contributed by atoms with Crippen LogP contribution < -0.4 is 12.6 Å². The molecule has 0 saturated heterocycles. The Morgan fingerprint density at radius 1 is 1.17 bits per heavy atom. The van der Waals surface area contributed by atoms with E-state index < -0.39 is 14.1 Å². The van der Waals surface area contributed by atoms with Crippen LogP contribution in [-0.2, 0) is 22.4 Å². The molecule has 0 saturated carbocycles. The maximum Gasteiger partial charge on any atom is 0.265 e. The zero-order valence-corrected chi connectivity index (χ0v) is 5.42. The molecular weight excluding hydrogens is 252 g/mol. The maximum atomic E-state index is 8.69. The van der Waals surface area contributed by atoms with E-state index in [2.05, 4.69) is 0 Å². The van der Waals surface area contributed by atoms with Gasteiger partial charge in [-0.25, -0.2) is 12.6 Å². The Morgan fingerprint density at radius 2 is 1.17 bits per heavy atom. The molecule has 0 unspecified atom stereocenters. The molecule has 0 atom stereocenters. The summed E-state index contributed by atoms with van der Waals surface area (Å²) in [6, 6.07) is 0. The van der Waals surface area contributed by atoms with Gasteiger partial charge in [-0.2, -0.15) is 0 Å². The summed E-state index contributed by atoms with van der Waals surface area (Å²) in [6.07, 6.45) is 0. The van der Waals surface area contributed by atoms with E-state index in [1.54, 1.807) is 0 Å². The molecule has 0 aliphatic rings. The van der Waals surface area contributed by atoms with E-state index in [1.807, 2.05) is 0 Å². The normalized spacial score (nSPS) is 10.0. The molecule has 0 aromatic rings. The van der Waals surface area contributed by atoms with E-state index in [4.69, 9.17) is 16.8 Å². The van der Waals surface area contributed by atoms with Gasteiger partial charge < -0.3 is 0 Å². The molecule has 0 heterocycles. The van der Waals surface area contributed by atoms with Crippen LogP contribution in [0.1, 0.15) is 0 Å². The van der Waals surface area contributed by atoms with Crippen LogP contribution in [0.25, 0.3) is 0 Å². The first kappa shape index (κ1) is 10.1. The molecule has 0 rings (SSSR count). The van der Waals surface area contributed by atoms with Gasteiger partial charge in [-0.15, -0.1) is 0 Å². The van der Waals surface area contributed by atoms with Gasteiger partial charge in [0, 0.05) is 26.6 Å². The molecule has 1 N–H and O–H groups in total. The Bertz CT molecular complexity index is 23.0. The Hall–Kier alpha value is 1.06. The minimum Gasteiger partial charge on any atom is -0.228 e. The van der Waals surface area contributed by atoms with Crippen molar-refractivity contribution in [3.05, 3.63) is 0 Å². The number of hydrogen-bond acceptors (Lipinski definition) is 4. The molecule has 43 valence electrons. The third-order valence-electron chi connectivity index (χ3n) is 0. The van der Waals surface area contributed by atoms with Crippen LogP contribution in [0.15, 0.2) is 0 Å². The first-order valence-electron chi connectivity index (χ1n) is 0.632. The summed E-state index contributed by atoms with van der Waals surface area (Å²) in [5, 5.41) is 0. The molecule has 0 aromatic heterocycles. The maximum absolute atomic E-state index is 8.69. The largest absolute Gasteiger partial charge is 0.265 e. The van der Waals surface area contributed by atoms with Crippen molar-refractivity contribution in [2.24, 2.45) is 0 Å². The van der Waals surface area contributed by atoms with Gasteiger partial charge in [0.05, 0.1) is 0 Å². The fourth-order valence-corrected chi connectivity index (χ4v) is 0. The second-order valence-corrected chi connectivity index (χ2v) is 2.06. The van der Waals surface area contributed by atoms with Crippen LogP contribution in [0, 0.1) is 14.1 Å². The van der Waals surface area contributed by atoms with Crippen LogP contribution >= 0.6 is 0 Å². The van der Waals surface area contributed by atoms with Gasteiger partial charge in [0.25, 0.3) is 14.1 Å². The van der Waals surface area contributed by atoms with Crippen LogP contribution in [0.5, 0.6) is 0 Å².